The number of fused-ring (bicyclic) bond motifs is 3. The molecule has 1 aromatic carbocycles. The zero-order valence-electron chi connectivity index (χ0n) is 27.8. The predicted octanol–water partition coefficient (Wildman–Crippen LogP) is 4.32. The van der Waals surface area contributed by atoms with Crippen LogP contribution in [0.3, 0.4) is 0 Å². The van der Waals surface area contributed by atoms with Crippen LogP contribution < -0.4 is 16.0 Å². The van der Waals surface area contributed by atoms with Crippen molar-refractivity contribution in [3.8, 4) is 0 Å². The van der Waals surface area contributed by atoms with E-state index in [9.17, 15) is 19.2 Å². The summed E-state index contributed by atoms with van der Waals surface area (Å²) in [6.07, 6.45) is 0.993. The number of amides is 4. The Hall–Kier alpha value is -4.43. The van der Waals surface area contributed by atoms with Gasteiger partial charge in [-0.2, -0.15) is 5.10 Å². The van der Waals surface area contributed by atoms with Crippen molar-refractivity contribution in [2.24, 2.45) is 11.8 Å². The topological polar surface area (TPSA) is 151 Å². The van der Waals surface area contributed by atoms with Crippen LogP contribution in [0.5, 0.6) is 0 Å². The van der Waals surface area contributed by atoms with Crippen LogP contribution in [0.1, 0.15) is 88.6 Å². The summed E-state index contributed by atoms with van der Waals surface area (Å²) < 4.78 is 1.52. The fourth-order valence-electron chi connectivity index (χ4n) is 5.62. The lowest BCUT2D eigenvalue weighted by molar-refractivity contribution is -0.123. The minimum Gasteiger partial charge on any atom is -0.350 e. The third kappa shape index (κ3) is 8.92. The lowest BCUT2D eigenvalue weighted by atomic mass is 10.0. The maximum atomic E-state index is 13.7. The van der Waals surface area contributed by atoms with Gasteiger partial charge in [0, 0.05) is 18.0 Å². The molecule has 0 spiro atoms. The Kier molecular flexibility index (Phi) is 11.4. The second-order valence-corrected chi connectivity index (χ2v) is 14.6. The summed E-state index contributed by atoms with van der Waals surface area (Å²) in [6, 6.07) is 11.7. The van der Waals surface area contributed by atoms with E-state index in [-0.39, 0.29) is 54.9 Å². The van der Waals surface area contributed by atoms with E-state index in [0.717, 1.165) is 5.56 Å². The average molecular weight is 691 g/mol. The number of aromatic nitrogens is 4. The van der Waals surface area contributed by atoms with E-state index >= 15 is 0 Å². The van der Waals surface area contributed by atoms with Gasteiger partial charge in [-0.15, -0.1) is 22.7 Å². The first kappa shape index (κ1) is 34.9. The van der Waals surface area contributed by atoms with Crippen molar-refractivity contribution >= 4 is 46.3 Å². The molecule has 2 bridgehead atoms. The highest BCUT2D eigenvalue weighted by molar-refractivity contribution is 7.12. The molecule has 3 atom stereocenters. The van der Waals surface area contributed by atoms with Gasteiger partial charge >= 0.3 is 0 Å². The van der Waals surface area contributed by atoms with Crippen LogP contribution in [0, 0.1) is 18.8 Å². The largest absolute Gasteiger partial charge is 0.350 e. The van der Waals surface area contributed by atoms with E-state index in [1.165, 1.54) is 32.3 Å². The zero-order chi connectivity index (χ0) is 34.4. The summed E-state index contributed by atoms with van der Waals surface area (Å²) in [7, 11) is 0. The molecule has 0 saturated heterocycles. The van der Waals surface area contributed by atoms with Crippen molar-refractivity contribution in [2.75, 3.05) is 13.1 Å². The Bertz CT molecular complexity index is 1720. The van der Waals surface area contributed by atoms with Gasteiger partial charge in [0.1, 0.15) is 23.1 Å². The van der Waals surface area contributed by atoms with Crippen LogP contribution in [-0.4, -0.2) is 67.4 Å². The van der Waals surface area contributed by atoms with E-state index in [2.05, 4.69) is 31.0 Å². The molecule has 12 nitrogen and oxygen atoms in total. The third-order valence-electron chi connectivity index (χ3n) is 8.02. The number of thiophene rings is 1. The third-order valence-corrected chi connectivity index (χ3v) is 9.83. The molecule has 3 aromatic heterocycles. The highest BCUT2D eigenvalue weighted by atomic mass is 32.1. The lowest BCUT2D eigenvalue weighted by Crippen LogP contribution is -2.51. The number of hydrogen-bond acceptors (Lipinski definition) is 9. The molecule has 254 valence electrons. The minimum absolute atomic E-state index is 0.0641. The van der Waals surface area contributed by atoms with Gasteiger partial charge < -0.3 is 20.9 Å². The molecule has 3 N–H and O–H groups in total. The van der Waals surface area contributed by atoms with Crippen molar-refractivity contribution in [1.29, 1.82) is 0 Å². The standard InChI is InChI=1S/C34H42N8O4S2/c1-20(2)14-25-33-39-27(19-48-33)32(45)38-24(15-23-10-7-6-8-11-23)31-35-22(5)40-42(31)18-30(44)37-26(21(3)4)16-41(17-29(43)36-25)34(46)28-12-9-13-47-28/h6-13,19-21,24-26H,14-18H2,1-5H3,(H,36,43)(H,37,44)(H,38,45)/t24-,25-,26+/m0/s1. The molecule has 4 heterocycles. The van der Waals surface area contributed by atoms with Gasteiger partial charge in [-0.1, -0.05) is 64.1 Å². The van der Waals surface area contributed by atoms with Crippen LogP contribution in [0.4, 0.5) is 0 Å². The number of nitrogens with one attached hydrogen (secondary N) is 3. The maximum absolute atomic E-state index is 13.7. The molecule has 5 rings (SSSR count). The van der Waals surface area contributed by atoms with Gasteiger partial charge in [0.25, 0.3) is 11.8 Å². The summed E-state index contributed by atoms with van der Waals surface area (Å²) in [5.74, 6) is -0.334. The van der Waals surface area contributed by atoms with Crippen LogP contribution in [0.2, 0.25) is 0 Å². The van der Waals surface area contributed by atoms with E-state index in [0.29, 0.717) is 34.4 Å². The van der Waals surface area contributed by atoms with Crippen LogP contribution in [0.15, 0.2) is 53.2 Å². The molecule has 0 unspecified atom stereocenters. The summed E-state index contributed by atoms with van der Waals surface area (Å²) in [5, 5.41) is 17.9. The number of hydrogen-bond donors (Lipinski definition) is 3. The number of benzene rings is 1. The molecule has 48 heavy (non-hydrogen) atoms. The molecular weight excluding hydrogens is 649 g/mol. The Morgan fingerprint density at radius 2 is 1.67 bits per heavy atom. The molecule has 1 aliphatic rings. The quantitative estimate of drug-likeness (QED) is 0.273. The molecular formula is C34H42N8O4S2. The Morgan fingerprint density at radius 1 is 0.917 bits per heavy atom. The smallest absolute Gasteiger partial charge is 0.271 e. The molecule has 0 radical (unpaired) electrons. The number of carbonyl (C=O) groups is 4. The molecule has 0 fully saturated rings. The van der Waals surface area contributed by atoms with Crippen LogP contribution in [0.25, 0.3) is 0 Å². The first-order valence-corrected chi connectivity index (χ1v) is 17.9. The Morgan fingerprint density at radius 3 is 2.35 bits per heavy atom. The van der Waals surface area contributed by atoms with Crippen LogP contribution >= 0.6 is 22.7 Å². The monoisotopic (exact) mass is 690 g/mol. The van der Waals surface area contributed by atoms with Crippen molar-refractivity contribution in [2.45, 2.75) is 72.1 Å². The number of thiazole rings is 1. The van der Waals surface area contributed by atoms with E-state index in [1.807, 2.05) is 63.4 Å². The second kappa shape index (κ2) is 15.6. The Labute approximate surface area is 288 Å². The average Bonchev–Trinajstić information content (AvgIpc) is 3.81. The van der Waals surface area contributed by atoms with Gasteiger partial charge in [-0.3, -0.25) is 19.2 Å². The van der Waals surface area contributed by atoms with Crippen molar-refractivity contribution < 1.29 is 19.2 Å². The number of aryl methyl sites for hydroxylation is 1. The fraction of sp³-hybridized carbons (Fsp3) is 0.441. The molecule has 14 heteroatoms. The predicted molar refractivity (Wildman–Crippen MR) is 185 cm³/mol. The summed E-state index contributed by atoms with van der Waals surface area (Å²) >= 11 is 2.60. The minimum atomic E-state index is -0.621. The van der Waals surface area contributed by atoms with E-state index in [4.69, 9.17) is 0 Å². The van der Waals surface area contributed by atoms with Crippen molar-refractivity contribution in [3.05, 3.63) is 86.0 Å². The van der Waals surface area contributed by atoms with E-state index in [1.54, 1.807) is 24.4 Å². The highest BCUT2D eigenvalue weighted by Crippen LogP contribution is 2.26. The number of rotatable bonds is 6. The Balaban J connectivity index is 1.55. The second-order valence-electron chi connectivity index (χ2n) is 12.8. The molecule has 0 aliphatic carbocycles. The van der Waals surface area contributed by atoms with Crippen molar-refractivity contribution in [1.82, 2.24) is 40.6 Å². The van der Waals surface area contributed by atoms with Gasteiger partial charge in [0.05, 0.1) is 23.5 Å². The first-order valence-electron chi connectivity index (χ1n) is 16.1. The van der Waals surface area contributed by atoms with Gasteiger partial charge in [-0.25, -0.2) is 14.6 Å². The molecule has 1 aliphatic heterocycles. The summed E-state index contributed by atoms with van der Waals surface area (Å²) in [6.45, 7) is 9.51. The van der Waals surface area contributed by atoms with E-state index < -0.39 is 24.0 Å². The van der Waals surface area contributed by atoms with Gasteiger partial charge in [0.15, 0.2) is 5.82 Å². The lowest BCUT2D eigenvalue weighted by Gasteiger charge is -2.30. The number of nitrogens with zero attached hydrogens (tertiary/aromatic N) is 5. The molecule has 0 saturated carbocycles. The SMILES string of the molecule is Cc1nc2n(n1)CC(=O)N[C@@H](C(C)C)CN(C(=O)c1cccs1)CC(=O)N[C@@H](CC(C)C)c1nc(cs1)C(=O)N[C@H]2Cc1ccccc1. The fourth-order valence-corrected chi connectivity index (χ4v) is 7.17. The normalized spacial score (nSPS) is 19.7. The number of carbonyl (C=O) groups excluding carboxylic acids is 4. The highest BCUT2D eigenvalue weighted by Gasteiger charge is 2.30. The first-order chi connectivity index (χ1) is 23.0. The van der Waals surface area contributed by atoms with Gasteiger partial charge in [0.2, 0.25) is 11.8 Å². The van der Waals surface area contributed by atoms with Crippen molar-refractivity contribution in [3.63, 3.8) is 0 Å². The summed E-state index contributed by atoms with van der Waals surface area (Å²) in [5.41, 5.74) is 1.18. The maximum Gasteiger partial charge on any atom is 0.271 e. The molecule has 4 aromatic rings. The zero-order valence-corrected chi connectivity index (χ0v) is 29.4. The van der Waals surface area contributed by atoms with Gasteiger partial charge in [-0.05, 0) is 48.6 Å². The molecule has 4 amide bonds. The van der Waals surface area contributed by atoms with Crippen LogP contribution in [-0.2, 0) is 22.6 Å². The summed E-state index contributed by atoms with van der Waals surface area (Å²) in [4.78, 5) is 66.0.